The number of carbonyl (C=O) groups is 3. The van der Waals surface area contributed by atoms with Crippen molar-refractivity contribution in [3.63, 3.8) is 0 Å². The smallest absolute Gasteiger partial charge is 0.397 e. The van der Waals surface area contributed by atoms with Crippen LogP contribution in [0.1, 0.15) is 43.0 Å². The van der Waals surface area contributed by atoms with Crippen LogP contribution in [0.3, 0.4) is 0 Å². The molecule has 2 N–H and O–H groups in total. The van der Waals surface area contributed by atoms with E-state index in [2.05, 4.69) is 15.4 Å². The Kier molecular flexibility index (Phi) is 5.52. The second-order valence-corrected chi connectivity index (χ2v) is 5.18. The molecular weight excluding hydrogens is 284 g/mol. The molecule has 0 unspecified atom stereocenters. The number of benzene rings is 1. The first kappa shape index (κ1) is 16.0. The average Bonchev–Trinajstić information content (AvgIpc) is 3.00. The molecule has 1 aromatic rings. The molecule has 0 aliphatic heterocycles. The molecule has 0 radical (unpaired) electrons. The third-order valence-electron chi connectivity index (χ3n) is 3.57. The molecule has 1 aliphatic carbocycles. The number of nitrogens with one attached hydrogen (secondary N) is 2. The molecular formula is C16H20N2O4. The van der Waals surface area contributed by atoms with Crippen molar-refractivity contribution in [2.75, 3.05) is 11.9 Å². The predicted molar refractivity (Wildman–Crippen MR) is 81.4 cm³/mol. The molecule has 0 heterocycles. The van der Waals surface area contributed by atoms with Crippen molar-refractivity contribution in [3.05, 3.63) is 29.8 Å². The van der Waals surface area contributed by atoms with E-state index in [1.54, 1.807) is 31.2 Å². The van der Waals surface area contributed by atoms with Gasteiger partial charge in [0, 0.05) is 6.04 Å². The van der Waals surface area contributed by atoms with Gasteiger partial charge in [-0.1, -0.05) is 25.0 Å². The van der Waals surface area contributed by atoms with Crippen LogP contribution < -0.4 is 10.6 Å². The summed E-state index contributed by atoms with van der Waals surface area (Å²) >= 11 is 0. The van der Waals surface area contributed by atoms with Gasteiger partial charge in [-0.25, -0.2) is 4.79 Å². The number of carbonyl (C=O) groups excluding carboxylic acids is 3. The maximum Gasteiger partial charge on any atom is 0.397 e. The molecule has 0 spiro atoms. The Bertz CT molecular complexity index is 565. The topological polar surface area (TPSA) is 84.5 Å². The minimum absolute atomic E-state index is 0.121. The molecule has 0 aromatic heterocycles. The largest absolute Gasteiger partial charge is 0.459 e. The van der Waals surface area contributed by atoms with E-state index < -0.39 is 11.9 Å². The summed E-state index contributed by atoms with van der Waals surface area (Å²) in [4.78, 5) is 35.4. The molecule has 22 heavy (non-hydrogen) atoms. The molecule has 0 saturated heterocycles. The van der Waals surface area contributed by atoms with E-state index in [-0.39, 0.29) is 18.6 Å². The Morgan fingerprint density at radius 3 is 2.55 bits per heavy atom. The standard InChI is InChI=1S/C16H20N2O4/c1-2-22-16(21)15(20)18-13-10-6-5-9-12(13)14(19)17-11-7-3-4-8-11/h5-6,9-11H,2-4,7-8H2,1H3,(H,17,19)(H,18,20). The van der Waals surface area contributed by atoms with Crippen LogP contribution in [0.25, 0.3) is 0 Å². The van der Waals surface area contributed by atoms with Crippen molar-refractivity contribution >= 4 is 23.5 Å². The second kappa shape index (κ2) is 7.59. The van der Waals surface area contributed by atoms with Crippen LogP contribution >= 0.6 is 0 Å². The summed E-state index contributed by atoms with van der Waals surface area (Å²) in [5, 5.41) is 5.38. The molecule has 2 rings (SSSR count). The number of hydrogen-bond acceptors (Lipinski definition) is 4. The Hall–Kier alpha value is -2.37. The van der Waals surface area contributed by atoms with Crippen LogP contribution in [0, 0.1) is 0 Å². The number of amides is 2. The normalized spacial score (nSPS) is 14.4. The summed E-state index contributed by atoms with van der Waals surface area (Å²) in [6.07, 6.45) is 4.19. The number of rotatable bonds is 4. The monoisotopic (exact) mass is 304 g/mol. The lowest BCUT2D eigenvalue weighted by atomic mass is 10.1. The van der Waals surface area contributed by atoms with E-state index in [0.717, 1.165) is 25.7 Å². The van der Waals surface area contributed by atoms with Gasteiger partial charge < -0.3 is 15.4 Å². The molecule has 1 aliphatic rings. The third-order valence-corrected chi connectivity index (χ3v) is 3.57. The van der Waals surface area contributed by atoms with Gasteiger partial charge in [0.05, 0.1) is 17.9 Å². The minimum Gasteiger partial charge on any atom is -0.459 e. The van der Waals surface area contributed by atoms with Crippen LogP contribution in [0.5, 0.6) is 0 Å². The lowest BCUT2D eigenvalue weighted by molar-refractivity contribution is -0.152. The van der Waals surface area contributed by atoms with Gasteiger partial charge in [-0.05, 0) is 31.9 Å². The van der Waals surface area contributed by atoms with Gasteiger partial charge >= 0.3 is 11.9 Å². The summed E-state index contributed by atoms with van der Waals surface area (Å²) in [6.45, 7) is 1.74. The molecule has 118 valence electrons. The first-order chi connectivity index (χ1) is 10.6. The van der Waals surface area contributed by atoms with E-state index >= 15 is 0 Å². The lowest BCUT2D eigenvalue weighted by Crippen LogP contribution is -2.33. The highest BCUT2D eigenvalue weighted by molar-refractivity contribution is 6.37. The fraction of sp³-hybridized carbons (Fsp3) is 0.438. The van der Waals surface area contributed by atoms with E-state index in [0.29, 0.717) is 11.3 Å². The van der Waals surface area contributed by atoms with Crippen molar-refractivity contribution < 1.29 is 19.1 Å². The molecule has 1 fully saturated rings. The second-order valence-electron chi connectivity index (χ2n) is 5.18. The first-order valence-corrected chi connectivity index (χ1v) is 7.49. The zero-order valence-electron chi connectivity index (χ0n) is 12.6. The zero-order chi connectivity index (χ0) is 15.9. The molecule has 1 aromatic carbocycles. The Morgan fingerprint density at radius 2 is 1.86 bits per heavy atom. The number of ether oxygens (including phenoxy) is 1. The maximum absolute atomic E-state index is 12.3. The van der Waals surface area contributed by atoms with E-state index in [1.807, 2.05) is 0 Å². The minimum atomic E-state index is -0.964. The molecule has 1 saturated carbocycles. The van der Waals surface area contributed by atoms with Crippen molar-refractivity contribution in [2.24, 2.45) is 0 Å². The van der Waals surface area contributed by atoms with E-state index in [1.165, 1.54) is 0 Å². The Balaban J connectivity index is 2.07. The third kappa shape index (κ3) is 4.07. The maximum atomic E-state index is 12.3. The van der Waals surface area contributed by atoms with Crippen LogP contribution in [0.15, 0.2) is 24.3 Å². The molecule has 0 atom stereocenters. The number of para-hydroxylation sites is 1. The molecule has 2 amide bonds. The van der Waals surface area contributed by atoms with Crippen LogP contribution in [0.4, 0.5) is 5.69 Å². The first-order valence-electron chi connectivity index (χ1n) is 7.49. The summed E-state index contributed by atoms with van der Waals surface area (Å²) in [5.74, 6) is -2.09. The summed E-state index contributed by atoms with van der Waals surface area (Å²) in [6, 6.07) is 6.78. The van der Waals surface area contributed by atoms with Crippen molar-refractivity contribution in [3.8, 4) is 0 Å². The Morgan fingerprint density at radius 1 is 1.18 bits per heavy atom. The zero-order valence-corrected chi connectivity index (χ0v) is 12.6. The summed E-state index contributed by atoms with van der Waals surface area (Å²) < 4.78 is 4.63. The quantitative estimate of drug-likeness (QED) is 0.657. The summed E-state index contributed by atoms with van der Waals surface area (Å²) in [5.41, 5.74) is 0.642. The van der Waals surface area contributed by atoms with Gasteiger partial charge in [-0.2, -0.15) is 0 Å². The van der Waals surface area contributed by atoms with Gasteiger partial charge in [-0.15, -0.1) is 0 Å². The number of hydrogen-bond donors (Lipinski definition) is 2. The van der Waals surface area contributed by atoms with E-state index in [4.69, 9.17) is 0 Å². The van der Waals surface area contributed by atoms with Gasteiger partial charge in [0.25, 0.3) is 5.91 Å². The fourth-order valence-electron chi connectivity index (χ4n) is 2.49. The van der Waals surface area contributed by atoms with Crippen LogP contribution in [0.2, 0.25) is 0 Å². The Labute approximate surface area is 129 Å². The number of anilines is 1. The van der Waals surface area contributed by atoms with Crippen molar-refractivity contribution in [1.29, 1.82) is 0 Å². The molecule has 0 bridgehead atoms. The summed E-state index contributed by atoms with van der Waals surface area (Å²) in [7, 11) is 0. The van der Waals surface area contributed by atoms with Gasteiger partial charge in [-0.3, -0.25) is 9.59 Å². The highest BCUT2D eigenvalue weighted by Crippen LogP contribution is 2.20. The van der Waals surface area contributed by atoms with Crippen molar-refractivity contribution in [2.45, 2.75) is 38.6 Å². The van der Waals surface area contributed by atoms with Gasteiger partial charge in [0.2, 0.25) is 0 Å². The SMILES string of the molecule is CCOC(=O)C(=O)Nc1ccccc1C(=O)NC1CCCC1. The van der Waals surface area contributed by atoms with E-state index in [9.17, 15) is 14.4 Å². The molecule has 6 heteroatoms. The van der Waals surface area contributed by atoms with Crippen molar-refractivity contribution in [1.82, 2.24) is 5.32 Å². The lowest BCUT2D eigenvalue weighted by Gasteiger charge is -2.14. The number of esters is 1. The fourth-order valence-corrected chi connectivity index (χ4v) is 2.49. The average molecular weight is 304 g/mol. The van der Waals surface area contributed by atoms with Gasteiger partial charge in [0.1, 0.15) is 0 Å². The highest BCUT2D eigenvalue weighted by Gasteiger charge is 2.21. The van der Waals surface area contributed by atoms with Crippen LogP contribution in [-0.2, 0) is 14.3 Å². The predicted octanol–water partition coefficient (Wildman–Crippen LogP) is 1.86. The van der Waals surface area contributed by atoms with Crippen LogP contribution in [-0.4, -0.2) is 30.4 Å². The van der Waals surface area contributed by atoms with Gasteiger partial charge in [0.15, 0.2) is 0 Å². The highest BCUT2D eigenvalue weighted by atomic mass is 16.5. The molecule has 6 nitrogen and oxygen atoms in total.